The molecule has 2 amide bonds. The molecule has 1 aromatic carbocycles. The monoisotopic (exact) mass is 312 g/mol. The van der Waals surface area contributed by atoms with Gasteiger partial charge in [-0.1, -0.05) is 15.9 Å². The maximum atomic E-state index is 11.9. The van der Waals surface area contributed by atoms with E-state index in [1.54, 1.807) is 4.90 Å². The van der Waals surface area contributed by atoms with E-state index < -0.39 is 6.09 Å². The minimum atomic E-state index is -1.05. The second-order valence-corrected chi connectivity index (χ2v) is 5.15. The zero-order valence-corrected chi connectivity index (χ0v) is 11.2. The number of amides is 2. The molecule has 6 heteroatoms. The molecule has 18 heavy (non-hydrogen) atoms. The third kappa shape index (κ3) is 3.01. The highest BCUT2D eigenvalue weighted by Crippen LogP contribution is 2.25. The largest absolute Gasteiger partial charge is 0.465 e. The van der Waals surface area contributed by atoms with Gasteiger partial charge in [0.25, 0.3) is 0 Å². The number of carboxylic acid groups (broad SMARTS) is 1. The number of rotatable bonds is 3. The van der Waals surface area contributed by atoms with Crippen LogP contribution in [0.3, 0.4) is 0 Å². The Labute approximate surface area is 113 Å². The van der Waals surface area contributed by atoms with Crippen molar-refractivity contribution in [2.24, 2.45) is 5.92 Å². The van der Waals surface area contributed by atoms with Gasteiger partial charge in [0, 0.05) is 35.6 Å². The Balaban J connectivity index is 2.00. The number of nitrogens with zero attached hydrogens (tertiary/aromatic N) is 1. The Bertz CT molecular complexity index is 461. The molecule has 0 saturated carbocycles. The molecule has 1 aliphatic rings. The Morgan fingerprint density at radius 2 is 2.11 bits per heavy atom. The van der Waals surface area contributed by atoms with Gasteiger partial charge >= 0.3 is 6.09 Å². The first kappa shape index (κ1) is 12.9. The van der Waals surface area contributed by atoms with Crippen LogP contribution in [0.4, 0.5) is 10.5 Å². The summed E-state index contributed by atoms with van der Waals surface area (Å²) in [6.07, 6.45) is -0.666. The molecule has 0 radical (unpaired) electrons. The highest BCUT2D eigenvalue weighted by molar-refractivity contribution is 9.10. The maximum absolute atomic E-state index is 11.9. The van der Waals surface area contributed by atoms with Gasteiger partial charge in [0.2, 0.25) is 5.91 Å². The SMILES string of the molecule is O=C(O)NCC1CC(=O)N(c2ccc(Br)cc2)C1. The third-order valence-corrected chi connectivity index (χ3v) is 3.41. The molecule has 1 atom stereocenters. The highest BCUT2D eigenvalue weighted by Gasteiger charge is 2.30. The smallest absolute Gasteiger partial charge is 0.404 e. The lowest BCUT2D eigenvalue weighted by Crippen LogP contribution is -2.30. The third-order valence-electron chi connectivity index (χ3n) is 2.89. The predicted octanol–water partition coefficient (Wildman–Crippen LogP) is 2.07. The van der Waals surface area contributed by atoms with Gasteiger partial charge in [-0.2, -0.15) is 0 Å². The van der Waals surface area contributed by atoms with E-state index in [1.165, 1.54) is 0 Å². The quantitative estimate of drug-likeness (QED) is 0.897. The Hall–Kier alpha value is -1.56. The zero-order chi connectivity index (χ0) is 13.1. The van der Waals surface area contributed by atoms with Crippen LogP contribution in [-0.4, -0.2) is 30.2 Å². The molecule has 1 unspecified atom stereocenters. The van der Waals surface area contributed by atoms with Crippen LogP contribution >= 0.6 is 15.9 Å². The van der Waals surface area contributed by atoms with Crippen molar-refractivity contribution < 1.29 is 14.7 Å². The maximum Gasteiger partial charge on any atom is 0.404 e. The van der Waals surface area contributed by atoms with Gasteiger partial charge in [-0.3, -0.25) is 4.79 Å². The molecule has 2 N–H and O–H groups in total. The molecule has 1 heterocycles. The molecule has 5 nitrogen and oxygen atoms in total. The molecule has 0 aliphatic carbocycles. The van der Waals surface area contributed by atoms with Crippen molar-refractivity contribution in [3.63, 3.8) is 0 Å². The Morgan fingerprint density at radius 3 is 2.72 bits per heavy atom. The molecular formula is C12H13BrN2O3. The number of carbonyl (C=O) groups excluding carboxylic acids is 1. The second-order valence-electron chi connectivity index (χ2n) is 4.24. The number of carbonyl (C=O) groups is 2. The first-order valence-electron chi connectivity index (χ1n) is 5.59. The van der Waals surface area contributed by atoms with Crippen LogP contribution in [0.5, 0.6) is 0 Å². The minimum Gasteiger partial charge on any atom is -0.465 e. The highest BCUT2D eigenvalue weighted by atomic mass is 79.9. The molecule has 1 saturated heterocycles. The molecule has 96 valence electrons. The summed E-state index contributed by atoms with van der Waals surface area (Å²) >= 11 is 3.34. The van der Waals surface area contributed by atoms with Gasteiger partial charge in [-0.05, 0) is 24.3 Å². The van der Waals surface area contributed by atoms with Crippen LogP contribution in [0.25, 0.3) is 0 Å². The first-order chi connectivity index (χ1) is 8.56. The van der Waals surface area contributed by atoms with Gasteiger partial charge in [0.05, 0.1) is 0 Å². The van der Waals surface area contributed by atoms with E-state index in [0.29, 0.717) is 19.5 Å². The van der Waals surface area contributed by atoms with Gasteiger partial charge in [-0.25, -0.2) is 4.79 Å². The van der Waals surface area contributed by atoms with Crippen molar-refractivity contribution in [2.75, 3.05) is 18.0 Å². The molecule has 2 rings (SSSR count). The zero-order valence-electron chi connectivity index (χ0n) is 9.60. The van der Waals surface area contributed by atoms with Crippen LogP contribution < -0.4 is 10.2 Å². The average Bonchev–Trinajstić information content (AvgIpc) is 2.69. The molecule has 1 fully saturated rings. The Kier molecular flexibility index (Phi) is 3.86. The van der Waals surface area contributed by atoms with E-state index in [9.17, 15) is 9.59 Å². The minimum absolute atomic E-state index is 0.0366. The molecule has 1 aliphatic heterocycles. The molecule has 0 bridgehead atoms. The van der Waals surface area contributed by atoms with Crippen molar-refractivity contribution in [2.45, 2.75) is 6.42 Å². The molecular weight excluding hydrogens is 300 g/mol. The number of benzene rings is 1. The topological polar surface area (TPSA) is 69.6 Å². The fourth-order valence-corrected chi connectivity index (χ4v) is 2.28. The van der Waals surface area contributed by atoms with Crippen LogP contribution in [0, 0.1) is 5.92 Å². The molecule has 0 aromatic heterocycles. The average molecular weight is 313 g/mol. The number of hydrogen-bond donors (Lipinski definition) is 2. The number of hydrogen-bond acceptors (Lipinski definition) is 2. The van der Waals surface area contributed by atoms with Crippen molar-refractivity contribution in [3.8, 4) is 0 Å². The standard InChI is InChI=1S/C12H13BrN2O3/c13-9-1-3-10(4-2-9)15-7-8(5-11(15)16)6-14-12(17)18/h1-4,8,14H,5-7H2,(H,17,18). The number of anilines is 1. The van der Waals surface area contributed by atoms with Crippen LogP contribution in [0.1, 0.15) is 6.42 Å². The van der Waals surface area contributed by atoms with Crippen LogP contribution in [0.15, 0.2) is 28.7 Å². The van der Waals surface area contributed by atoms with E-state index >= 15 is 0 Å². The summed E-state index contributed by atoms with van der Waals surface area (Å²) in [5.41, 5.74) is 0.848. The first-order valence-corrected chi connectivity index (χ1v) is 6.38. The van der Waals surface area contributed by atoms with Crippen molar-refractivity contribution >= 4 is 33.6 Å². The van der Waals surface area contributed by atoms with E-state index in [4.69, 9.17) is 5.11 Å². The second kappa shape index (κ2) is 5.39. The number of halogens is 1. The van der Waals surface area contributed by atoms with Gasteiger partial charge in [-0.15, -0.1) is 0 Å². The fraction of sp³-hybridized carbons (Fsp3) is 0.333. The van der Waals surface area contributed by atoms with Crippen LogP contribution in [-0.2, 0) is 4.79 Å². The van der Waals surface area contributed by atoms with E-state index in [-0.39, 0.29) is 11.8 Å². The lowest BCUT2D eigenvalue weighted by Gasteiger charge is -2.16. The van der Waals surface area contributed by atoms with E-state index in [1.807, 2.05) is 24.3 Å². The summed E-state index contributed by atoms with van der Waals surface area (Å²) in [7, 11) is 0. The fourth-order valence-electron chi connectivity index (χ4n) is 2.02. The van der Waals surface area contributed by atoms with E-state index in [0.717, 1.165) is 10.2 Å². The lowest BCUT2D eigenvalue weighted by molar-refractivity contribution is -0.117. The van der Waals surface area contributed by atoms with Crippen molar-refractivity contribution in [1.29, 1.82) is 0 Å². The summed E-state index contributed by atoms with van der Waals surface area (Å²) in [4.78, 5) is 24.0. The lowest BCUT2D eigenvalue weighted by atomic mass is 10.1. The molecule has 0 spiro atoms. The van der Waals surface area contributed by atoms with E-state index in [2.05, 4.69) is 21.2 Å². The van der Waals surface area contributed by atoms with Gasteiger partial charge < -0.3 is 15.3 Å². The summed E-state index contributed by atoms with van der Waals surface area (Å²) in [6.45, 7) is 0.870. The predicted molar refractivity (Wildman–Crippen MR) is 70.6 cm³/mol. The molecule has 1 aromatic rings. The van der Waals surface area contributed by atoms with Crippen molar-refractivity contribution in [1.82, 2.24) is 5.32 Å². The Morgan fingerprint density at radius 1 is 1.44 bits per heavy atom. The summed E-state index contributed by atoms with van der Waals surface area (Å²) in [5.74, 6) is 0.0757. The van der Waals surface area contributed by atoms with Crippen LogP contribution in [0.2, 0.25) is 0 Å². The van der Waals surface area contributed by atoms with Gasteiger partial charge in [0.15, 0.2) is 0 Å². The van der Waals surface area contributed by atoms with Crippen molar-refractivity contribution in [3.05, 3.63) is 28.7 Å². The summed E-state index contributed by atoms with van der Waals surface area (Å²) in [5, 5.41) is 10.9. The summed E-state index contributed by atoms with van der Waals surface area (Å²) < 4.78 is 0.960. The normalized spacial score (nSPS) is 19.1. The van der Waals surface area contributed by atoms with Gasteiger partial charge in [0.1, 0.15) is 0 Å². The summed E-state index contributed by atoms with van der Waals surface area (Å²) in [6, 6.07) is 7.50. The number of nitrogens with one attached hydrogen (secondary N) is 1.